The van der Waals surface area contributed by atoms with E-state index in [9.17, 15) is 4.79 Å². The topological polar surface area (TPSA) is 46.5 Å². The molecule has 0 spiro atoms. The van der Waals surface area contributed by atoms with Crippen molar-refractivity contribution in [2.24, 2.45) is 0 Å². The average molecular weight is 204 g/mol. The summed E-state index contributed by atoms with van der Waals surface area (Å²) in [7, 11) is 1.61. The molecular formula is C12H12O3. The zero-order valence-electron chi connectivity index (χ0n) is 8.49. The van der Waals surface area contributed by atoms with E-state index in [0.717, 1.165) is 29.7 Å². The second-order valence-corrected chi connectivity index (χ2v) is 3.48. The maximum Gasteiger partial charge on any atom is 0.335 e. The largest absolute Gasteiger partial charge is 0.497 e. The van der Waals surface area contributed by atoms with Gasteiger partial charge < -0.3 is 9.84 Å². The van der Waals surface area contributed by atoms with Gasteiger partial charge in [0.1, 0.15) is 5.75 Å². The predicted octanol–water partition coefficient (Wildman–Crippen LogP) is 2.11. The fourth-order valence-electron chi connectivity index (χ4n) is 1.85. The van der Waals surface area contributed by atoms with E-state index in [2.05, 4.69) is 0 Å². The molecule has 1 N–H and O–H groups in total. The predicted molar refractivity (Wildman–Crippen MR) is 56.9 cm³/mol. The normalized spacial score (nSPS) is 14.1. The highest BCUT2D eigenvalue weighted by Gasteiger charge is 2.18. The quantitative estimate of drug-likeness (QED) is 0.802. The van der Waals surface area contributed by atoms with Gasteiger partial charge in [-0.3, -0.25) is 0 Å². The number of ether oxygens (including phenoxy) is 1. The number of benzene rings is 1. The van der Waals surface area contributed by atoms with Gasteiger partial charge in [0.15, 0.2) is 0 Å². The number of carboxylic acid groups (broad SMARTS) is 1. The third kappa shape index (κ3) is 1.73. The second-order valence-electron chi connectivity index (χ2n) is 3.48. The van der Waals surface area contributed by atoms with Gasteiger partial charge in [0.05, 0.1) is 12.7 Å². The number of fused-ring (bicyclic) bond motifs is 1. The van der Waals surface area contributed by atoms with Crippen molar-refractivity contribution in [1.82, 2.24) is 0 Å². The van der Waals surface area contributed by atoms with Crippen LogP contribution in [0, 0.1) is 0 Å². The summed E-state index contributed by atoms with van der Waals surface area (Å²) in [5.74, 6) is -0.0819. The molecule has 3 heteroatoms. The van der Waals surface area contributed by atoms with E-state index in [4.69, 9.17) is 9.84 Å². The Balaban J connectivity index is 2.48. The molecule has 1 aliphatic rings. The summed E-state index contributed by atoms with van der Waals surface area (Å²) < 4.78 is 5.11. The third-order valence-electron chi connectivity index (χ3n) is 2.60. The second kappa shape index (κ2) is 3.77. The monoisotopic (exact) mass is 204 g/mol. The van der Waals surface area contributed by atoms with Crippen LogP contribution in [0.15, 0.2) is 24.3 Å². The molecule has 0 unspecified atom stereocenters. The lowest BCUT2D eigenvalue weighted by atomic mass is 9.91. The van der Waals surface area contributed by atoms with Crippen molar-refractivity contribution in [2.45, 2.75) is 12.8 Å². The average Bonchev–Trinajstić information content (AvgIpc) is 2.27. The minimum absolute atomic E-state index is 0.402. The van der Waals surface area contributed by atoms with Crippen molar-refractivity contribution in [3.05, 3.63) is 35.4 Å². The molecule has 0 heterocycles. The van der Waals surface area contributed by atoms with Crippen LogP contribution in [0.3, 0.4) is 0 Å². The van der Waals surface area contributed by atoms with E-state index < -0.39 is 5.97 Å². The first-order valence-corrected chi connectivity index (χ1v) is 4.83. The lowest BCUT2D eigenvalue weighted by Crippen LogP contribution is -2.07. The van der Waals surface area contributed by atoms with Gasteiger partial charge in [-0.15, -0.1) is 0 Å². The van der Waals surface area contributed by atoms with Crippen LogP contribution in [0.25, 0.3) is 5.57 Å². The Hall–Kier alpha value is -1.77. The molecule has 1 aromatic carbocycles. The van der Waals surface area contributed by atoms with Crippen molar-refractivity contribution < 1.29 is 14.6 Å². The Kier molecular flexibility index (Phi) is 2.46. The summed E-state index contributed by atoms with van der Waals surface area (Å²) in [5.41, 5.74) is 2.27. The third-order valence-corrected chi connectivity index (χ3v) is 2.60. The van der Waals surface area contributed by atoms with Crippen LogP contribution in [-0.2, 0) is 11.2 Å². The Morgan fingerprint density at radius 2 is 2.27 bits per heavy atom. The summed E-state index contributed by atoms with van der Waals surface area (Å²) in [4.78, 5) is 11.0. The van der Waals surface area contributed by atoms with Gasteiger partial charge in [-0.1, -0.05) is 12.1 Å². The van der Waals surface area contributed by atoms with E-state index in [0.29, 0.717) is 5.57 Å². The van der Waals surface area contributed by atoms with E-state index in [1.54, 1.807) is 19.3 Å². The highest BCUT2D eigenvalue weighted by atomic mass is 16.5. The minimum Gasteiger partial charge on any atom is -0.497 e. The number of methoxy groups -OCH3 is 1. The molecule has 78 valence electrons. The maximum atomic E-state index is 11.0. The number of hydrogen-bond donors (Lipinski definition) is 1. The van der Waals surface area contributed by atoms with Crippen LogP contribution in [0.4, 0.5) is 0 Å². The lowest BCUT2D eigenvalue weighted by Gasteiger charge is -2.15. The van der Waals surface area contributed by atoms with Crippen molar-refractivity contribution in [2.75, 3.05) is 7.11 Å². The van der Waals surface area contributed by atoms with Gasteiger partial charge in [-0.05, 0) is 36.1 Å². The Labute approximate surface area is 88.0 Å². The Bertz CT molecular complexity index is 432. The van der Waals surface area contributed by atoms with Crippen molar-refractivity contribution in [3.8, 4) is 5.75 Å². The summed E-state index contributed by atoms with van der Waals surface area (Å²) in [5, 5.41) is 9.01. The van der Waals surface area contributed by atoms with Gasteiger partial charge in [-0.2, -0.15) is 0 Å². The van der Waals surface area contributed by atoms with E-state index >= 15 is 0 Å². The zero-order chi connectivity index (χ0) is 10.8. The lowest BCUT2D eigenvalue weighted by molar-refractivity contribution is -0.130. The van der Waals surface area contributed by atoms with Gasteiger partial charge >= 0.3 is 5.97 Å². The number of aryl methyl sites for hydroxylation is 1. The highest BCUT2D eigenvalue weighted by molar-refractivity contribution is 6.16. The Morgan fingerprint density at radius 3 is 2.93 bits per heavy atom. The molecule has 0 atom stereocenters. The van der Waals surface area contributed by atoms with Crippen LogP contribution in [-0.4, -0.2) is 18.2 Å². The molecule has 1 aliphatic carbocycles. The van der Waals surface area contributed by atoms with Gasteiger partial charge in [0, 0.05) is 0 Å². The summed E-state index contributed by atoms with van der Waals surface area (Å²) in [6.07, 6.45) is 3.43. The van der Waals surface area contributed by atoms with Crippen LogP contribution < -0.4 is 4.74 Å². The van der Waals surface area contributed by atoms with Crippen molar-refractivity contribution in [1.29, 1.82) is 0 Å². The van der Waals surface area contributed by atoms with Crippen LogP contribution in [0.1, 0.15) is 17.5 Å². The molecule has 2 rings (SSSR count). The molecule has 1 aromatic rings. The number of allylic oxidation sites excluding steroid dienone is 1. The van der Waals surface area contributed by atoms with E-state index in [-0.39, 0.29) is 0 Å². The number of carbonyl (C=O) groups is 1. The first-order valence-electron chi connectivity index (χ1n) is 4.83. The molecule has 0 saturated carbocycles. The molecule has 0 aromatic heterocycles. The number of rotatable bonds is 2. The van der Waals surface area contributed by atoms with Crippen LogP contribution >= 0.6 is 0 Å². The molecule has 0 radical (unpaired) electrons. The van der Waals surface area contributed by atoms with Gasteiger partial charge in [-0.25, -0.2) is 4.79 Å². The molecular weight excluding hydrogens is 192 g/mol. The molecule has 3 nitrogen and oxygen atoms in total. The van der Waals surface area contributed by atoms with E-state index in [1.165, 1.54) is 0 Å². The molecule has 0 fully saturated rings. The minimum atomic E-state index is -0.860. The van der Waals surface area contributed by atoms with Crippen molar-refractivity contribution >= 4 is 11.5 Å². The standard InChI is InChI=1S/C12H12O3/c1-15-9-5-6-10-8(7-9)3-2-4-11(10)12(13)14/h4-7H,2-3H2,1H3,(H,13,14). The molecule has 0 amide bonds. The van der Waals surface area contributed by atoms with Gasteiger partial charge in [0.2, 0.25) is 0 Å². The van der Waals surface area contributed by atoms with Crippen LogP contribution in [0.2, 0.25) is 0 Å². The van der Waals surface area contributed by atoms with Gasteiger partial charge in [0.25, 0.3) is 0 Å². The number of carboxylic acids is 1. The Morgan fingerprint density at radius 1 is 1.47 bits per heavy atom. The summed E-state index contributed by atoms with van der Waals surface area (Å²) >= 11 is 0. The highest BCUT2D eigenvalue weighted by Crippen LogP contribution is 2.29. The molecule has 0 aliphatic heterocycles. The smallest absolute Gasteiger partial charge is 0.335 e. The van der Waals surface area contributed by atoms with E-state index in [1.807, 2.05) is 12.1 Å². The van der Waals surface area contributed by atoms with Crippen molar-refractivity contribution in [3.63, 3.8) is 0 Å². The summed E-state index contributed by atoms with van der Waals surface area (Å²) in [6.45, 7) is 0. The molecule has 0 saturated heterocycles. The molecule has 15 heavy (non-hydrogen) atoms. The summed E-state index contributed by atoms with van der Waals surface area (Å²) in [6, 6.07) is 5.51. The SMILES string of the molecule is COc1ccc2c(c1)CCC=C2C(=O)O. The first kappa shape index (κ1) is 9.77. The number of aliphatic carboxylic acids is 1. The van der Waals surface area contributed by atoms with Crippen LogP contribution in [0.5, 0.6) is 5.75 Å². The number of hydrogen-bond acceptors (Lipinski definition) is 2. The zero-order valence-corrected chi connectivity index (χ0v) is 8.49. The fraction of sp³-hybridized carbons (Fsp3) is 0.250. The maximum absolute atomic E-state index is 11.0. The fourth-order valence-corrected chi connectivity index (χ4v) is 1.85. The molecule has 0 bridgehead atoms. The first-order chi connectivity index (χ1) is 7.22.